The van der Waals surface area contributed by atoms with E-state index in [1.807, 2.05) is 45.0 Å². The van der Waals surface area contributed by atoms with Crippen LogP contribution in [0.25, 0.3) is 0 Å². The van der Waals surface area contributed by atoms with Gasteiger partial charge in [-0.25, -0.2) is 0 Å². The topological polar surface area (TPSA) is 80.7 Å². The van der Waals surface area contributed by atoms with Crippen LogP contribution in [0, 0.1) is 18.8 Å². The standard InChI is InChI=1S/C24H24O5/c1-13-7-9-14(10-8-13)24(2,3)29-19-12-15(25)11-17-21(19)23(28)20-16(22(17)27)5-4-6-18(20)26/h4-10,17,19,21,26H,11-12H2,1-3H3/t17-,19-,21-/m1/s1. The molecule has 0 spiro atoms. The fourth-order valence-corrected chi connectivity index (χ4v) is 4.56. The van der Waals surface area contributed by atoms with Crippen LogP contribution in [-0.4, -0.2) is 28.6 Å². The number of benzene rings is 2. The number of hydrogen-bond acceptors (Lipinski definition) is 5. The summed E-state index contributed by atoms with van der Waals surface area (Å²) in [6, 6.07) is 12.4. The third kappa shape index (κ3) is 3.29. The molecule has 0 heterocycles. The predicted octanol–water partition coefficient (Wildman–Crippen LogP) is 4.00. The van der Waals surface area contributed by atoms with Gasteiger partial charge in [0.15, 0.2) is 11.6 Å². The SMILES string of the molecule is Cc1ccc(C(C)(C)O[C@@H]2CC(=O)C[C@H]3C(=O)c4cccc(O)c4C(=O)[C@@H]23)cc1. The van der Waals surface area contributed by atoms with E-state index in [-0.39, 0.29) is 47.1 Å². The third-order valence-electron chi connectivity index (χ3n) is 6.10. The van der Waals surface area contributed by atoms with Crippen molar-refractivity contribution in [2.45, 2.75) is 45.3 Å². The fraction of sp³-hybridized carbons (Fsp3) is 0.375. The summed E-state index contributed by atoms with van der Waals surface area (Å²) in [4.78, 5) is 38.8. The summed E-state index contributed by atoms with van der Waals surface area (Å²) in [6.07, 6.45) is -0.602. The highest BCUT2D eigenvalue weighted by atomic mass is 16.5. The Labute approximate surface area is 169 Å². The zero-order chi connectivity index (χ0) is 20.9. The van der Waals surface area contributed by atoms with Crippen molar-refractivity contribution in [2.75, 3.05) is 0 Å². The van der Waals surface area contributed by atoms with Crippen molar-refractivity contribution >= 4 is 17.3 Å². The van der Waals surface area contributed by atoms with Gasteiger partial charge in [0.1, 0.15) is 11.5 Å². The van der Waals surface area contributed by atoms with Gasteiger partial charge in [-0.3, -0.25) is 14.4 Å². The first kappa shape index (κ1) is 19.5. The van der Waals surface area contributed by atoms with E-state index in [0.29, 0.717) is 0 Å². The molecule has 0 radical (unpaired) electrons. The average molecular weight is 392 g/mol. The second-order valence-corrected chi connectivity index (χ2v) is 8.54. The molecule has 4 rings (SSSR count). The van der Waals surface area contributed by atoms with E-state index < -0.39 is 23.5 Å². The van der Waals surface area contributed by atoms with Crippen LogP contribution in [-0.2, 0) is 15.1 Å². The van der Waals surface area contributed by atoms with Gasteiger partial charge in [-0.2, -0.15) is 0 Å². The molecular formula is C24H24O5. The molecule has 0 aromatic heterocycles. The maximum absolute atomic E-state index is 13.3. The minimum atomic E-state index is -0.772. The number of carbonyl (C=O) groups excluding carboxylic acids is 3. The average Bonchev–Trinajstić information content (AvgIpc) is 2.65. The quantitative estimate of drug-likeness (QED) is 0.854. The number of phenols is 1. The minimum absolute atomic E-state index is 0.0369. The van der Waals surface area contributed by atoms with Crippen LogP contribution in [0.1, 0.15) is 58.5 Å². The molecule has 29 heavy (non-hydrogen) atoms. The highest BCUT2D eigenvalue weighted by Gasteiger charge is 2.51. The Morgan fingerprint density at radius 3 is 2.34 bits per heavy atom. The van der Waals surface area contributed by atoms with Crippen molar-refractivity contribution in [1.82, 2.24) is 0 Å². The van der Waals surface area contributed by atoms with Gasteiger partial charge in [0.2, 0.25) is 0 Å². The van der Waals surface area contributed by atoms with Crippen LogP contribution in [0.4, 0.5) is 0 Å². The Hall–Kier alpha value is -2.79. The number of hydrogen-bond donors (Lipinski definition) is 1. The smallest absolute Gasteiger partial charge is 0.173 e. The van der Waals surface area contributed by atoms with Gasteiger partial charge in [-0.15, -0.1) is 0 Å². The van der Waals surface area contributed by atoms with Crippen molar-refractivity contribution in [3.8, 4) is 5.75 Å². The number of aryl methyl sites for hydroxylation is 1. The lowest BCUT2D eigenvalue weighted by atomic mass is 9.65. The summed E-state index contributed by atoms with van der Waals surface area (Å²) in [6.45, 7) is 5.79. The van der Waals surface area contributed by atoms with Crippen molar-refractivity contribution < 1.29 is 24.2 Å². The molecule has 1 fully saturated rings. The van der Waals surface area contributed by atoms with Crippen molar-refractivity contribution in [3.63, 3.8) is 0 Å². The predicted molar refractivity (Wildman–Crippen MR) is 107 cm³/mol. The summed E-state index contributed by atoms with van der Waals surface area (Å²) in [5.41, 5.74) is 1.55. The Bertz CT molecular complexity index is 1000. The number of ether oxygens (including phenoxy) is 1. The molecule has 0 aliphatic heterocycles. The van der Waals surface area contributed by atoms with E-state index in [4.69, 9.17) is 4.74 Å². The molecular weight excluding hydrogens is 368 g/mol. The first-order valence-electron chi connectivity index (χ1n) is 9.86. The van der Waals surface area contributed by atoms with E-state index in [1.165, 1.54) is 12.1 Å². The molecule has 0 bridgehead atoms. The van der Waals surface area contributed by atoms with Crippen LogP contribution in [0.3, 0.4) is 0 Å². The number of fused-ring (bicyclic) bond motifs is 2. The van der Waals surface area contributed by atoms with E-state index in [9.17, 15) is 19.5 Å². The largest absolute Gasteiger partial charge is 0.507 e. The first-order chi connectivity index (χ1) is 13.7. The summed E-state index contributed by atoms with van der Waals surface area (Å²) in [7, 11) is 0. The first-order valence-corrected chi connectivity index (χ1v) is 9.86. The van der Waals surface area contributed by atoms with Gasteiger partial charge in [0.05, 0.1) is 23.2 Å². The van der Waals surface area contributed by atoms with E-state index in [1.54, 1.807) is 6.07 Å². The summed E-state index contributed by atoms with van der Waals surface area (Å²) >= 11 is 0. The Kier molecular flexibility index (Phi) is 4.66. The van der Waals surface area contributed by atoms with Gasteiger partial charge in [0, 0.05) is 24.3 Å². The molecule has 5 nitrogen and oxygen atoms in total. The monoisotopic (exact) mass is 392 g/mol. The zero-order valence-corrected chi connectivity index (χ0v) is 16.8. The number of Topliss-reactive ketones (excluding diaryl/α,β-unsaturated/α-hetero) is 3. The molecule has 0 unspecified atom stereocenters. The second-order valence-electron chi connectivity index (χ2n) is 8.54. The lowest BCUT2D eigenvalue weighted by Gasteiger charge is -2.42. The highest BCUT2D eigenvalue weighted by molar-refractivity contribution is 6.18. The van der Waals surface area contributed by atoms with Crippen molar-refractivity contribution in [3.05, 3.63) is 64.7 Å². The number of carbonyl (C=O) groups is 3. The van der Waals surface area contributed by atoms with Crippen LogP contribution >= 0.6 is 0 Å². The van der Waals surface area contributed by atoms with E-state index >= 15 is 0 Å². The molecule has 1 saturated carbocycles. The highest BCUT2D eigenvalue weighted by Crippen LogP contribution is 2.44. The summed E-state index contributed by atoms with van der Waals surface area (Å²) < 4.78 is 6.34. The molecule has 2 aliphatic carbocycles. The Balaban J connectivity index is 1.72. The van der Waals surface area contributed by atoms with E-state index in [0.717, 1.165) is 11.1 Å². The minimum Gasteiger partial charge on any atom is -0.507 e. The number of phenolic OH excluding ortho intramolecular Hbond substituents is 1. The lowest BCUT2D eigenvalue weighted by Crippen LogP contribution is -2.50. The zero-order valence-electron chi connectivity index (χ0n) is 16.8. The Morgan fingerprint density at radius 1 is 0.966 bits per heavy atom. The van der Waals surface area contributed by atoms with Crippen LogP contribution < -0.4 is 0 Å². The summed E-state index contributed by atoms with van der Waals surface area (Å²) in [5, 5.41) is 10.2. The van der Waals surface area contributed by atoms with Gasteiger partial charge >= 0.3 is 0 Å². The van der Waals surface area contributed by atoms with Gasteiger partial charge < -0.3 is 9.84 Å². The van der Waals surface area contributed by atoms with Crippen LogP contribution in [0.15, 0.2) is 42.5 Å². The van der Waals surface area contributed by atoms with E-state index in [2.05, 4.69) is 0 Å². The Morgan fingerprint density at radius 2 is 1.66 bits per heavy atom. The van der Waals surface area contributed by atoms with Gasteiger partial charge in [-0.1, -0.05) is 42.0 Å². The molecule has 2 aromatic rings. The molecule has 0 amide bonds. The second kappa shape index (κ2) is 6.92. The molecule has 5 heteroatoms. The summed E-state index contributed by atoms with van der Waals surface area (Å²) in [5.74, 6) is -2.38. The third-order valence-corrected chi connectivity index (χ3v) is 6.10. The molecule has 0 saturated heterocycles. The van der Waals surface area contributed by atoms with Crippen LogP contribution in [0.5, 0.6) is 5.75 Å². The van der Waals surface area contributed by atoms with Crippen LogP contribution in [0.2, 0.25) is 0 Å². The van der Waals surface area contributed by atoms with Crippen molar-refractivity contribution in [1.29, 1.82) is 0 Å². The van der Waals surface area contributed by atoms with Gasteiger partial charge in [-0.05, 0) is 32.4 Å². The number of rotatable bonds is 3. The fourth-order valence-electron chi connectivity index (χ4n) is 4.56. The van der Waals surface area contributed by atoms with Crippen molar-refractivity contribution in [2.24, 2.45) is 11.8 Å². The lowest BCUT2D eigenvalue weighted by molar-refractivity contribution is -0.140. The molecule has 2 aromatic carbocycles. The maximum Gasteiger partial charge on any atom is 0.173 e. The molecule has 1 N–H and O–H groups in total. The molecule has 3 atom stereocenters. The molecule has 150 valence electrons. The number of ketones is 3. The molecule has 2 aliphatic rings. The van der Waals surface area contributed by atoms with Gasteiger partial charge in [0.25, 0.3) is 0 Å². The maximum atomic E-state index is 13.3. The normalized spacial score (nSPS) is 24.2. The number of aromatic hydroxyl groups is 1.